The van der Waals surface area contributed by atoms with E-state index in [-0.39, 0.29) is 32.1 Å². The molecule has 10 heteroatoms. The Hall–Kier alpha value is -3.27. The van der Waals surface area contributed by atoms with Gasteiger partial charge in [0.2, 0.25) is 5.91 Å². The van der Waals surface area contributed by atoms with Crippen LogP contribution in [0.25, 0.3) is 0 Å². The summed E-state index contributed by atoms with van der Waals surface area (Å²) in [5.74, 6) is 0.464. The van der Waals surface area contributed by atoms with Crippen LogP contribution < -0.4 is 4.74 Å². The van der Waals surface area contributed by atoms with Gasteiger partial charge in [-0.15, -0.1) is 0 Å². The summed E-state index contributed by atoms with van der Waals surface area (Å²) in [5.41, 5.74) is 0.844. The van der Waals surface area contributed by atoms with Gasteiger partial charge in [0.1, 0.15) is 25.0 Å². The minimum Gasteiger partial charge on any atom is -0.497 e. The van der Waals surface area contributed by atoms with Gasteiger partial charge in [0.15, 0.2) is 0 Å². The van der Waals surface area contributed by atoms with Gasteiger partial charge in [-0.2, -0.15) is 0 Å². The highest BCUT2D eigenvalue weighted by molar-refractivity contribution is 5.86. The third kappa shape index (κ3) is 5.70. The van der Waals surface area contributed by atoms with E-state index < -0.39 is 24.3 Å². The number of β-amino-alcohol motifs (C(OH)–C–C–N with tert-alkyl or cyclic N) is 1. The molecule has 0 aromatic heterocycles. The molecule has 1 aromatic rings. The molecule has 2 saturated heterocycles. The van der Waals surface area contributed by atoms with E-state index in [1.54, 1.807) is 29.0 Å². The number of piperazine rings is 1. The van der Waals surface area contributed by atoms with E-state index in [9.17, 15) is 19.5 Å². The maximum absolute atomic E-state index is 13.0. The van der Waals surface area contributed by atoms with Gasteiger partial charge < -0.3 is 29.1 Å². The van der Waals surface area contributed by atoms with Crippen LogP contribution in [-0.2, 0) is 20.9 Å². The van der Waals surface area contributed by atoms with E-state index >= 15 is 0 Å². The molecule has 2 fully saturated rings. The van der Waals surface area contributed by atoms with Crippen LogP contribution in [-0.4, -0.2) is 96.5 Å². The molecular weight excluding hydrogens is 418 g/mol. The lowest BCUT2D eigenvalue weighted by molar-refractivity contribution is -0.137. The number of benzene rings is 1. The first kappa shape index (κ1) is 23.4. The first-order chi connectivity index (χ1) is 15.4. The maximum Gasteiger partial charge on any atom is 0.410 e. The number of likely N-dealkylation sites (tertiary alicyclic amines) is 1. The Morgan fingerprint density at radius 1 is 1.06 bits per heavy atom. The lowest BCUT2D eigenvalue weighted by Crippen LogP contribution is -2.55. The molecule has 2 aliphatic heterocycles. The summed E-state index contributed by atoms with van der Waals surface area (Å²) in [6.07, 6.45) is -0.283. The van der Waals surface area contributed by atoms with Crippen LogP contribution >= 0.6 is 0 Å². The zero-order valence-corrected chi connectivity index (χ0v) is 18.1. The fraction of sp³-hybridized carbons (Fsp3) is 0.500. The summed E-state index contributed by atoms with van der Waals surface area (Å²) in [5, 5.41) is 9.97. The van der Waals surface area contributed by atoms with Crippen molar-refractivity contribution in [1.82, 2.24) is 14.7 Å². The minimum atomic E-state index is -0.783. The van der Waals surface area contributed by atoms with Gasteiger partial charge in [0, 0.05) is 32.6 Å². The molecule has 32 heavy (non-hydrogen) atoms. The van der Waals surface area contributed by atoms with Crippen LogP contribution in [0.5, 0.6) is 5.75 Å². The van der Waals surface area contributed by atoms with E-state index in [1.807, 2.05) is 12.1 Å². The first-order valence-corrected chi connectivity index (χ1v) is 10.5. The Bertz CT molecular complexity index is 821. The van der Waals surface area contributed by atoms with E-state index in [0.717, 1.165) is 11.3 Å². The summed E-state index contributed by atoms with van der Waals surface area (Å²) in [6.45, 7) is 4.99. The largest absolute Gasteiger partial charge is 0.497 e. The number of nitrogens with zero attached hydrogens (tertiary/aromatic N) is 3. The Balaban J connectivity index is 1.48. The van der Waals surface area contributed by atoms with E-state index in [4.69, 9.17) is 14.2 Å². The molecule has 0 radical (unpaired) electrons. The summed E-state index contributed by atoms with van der Waals surface area (Å²) in [7, 11) is 1.58. The van der Waals surface area contributed by atoms with Crippen LogP contribution in [0.4, 0.5) is 9.59 Å². The van der Waals surface area contributed by atoms with Gasteiger partial charge in [-0.3, -0.25) is 9.69 Å². The Kier molecular flexibility index (Phi) is 7.93. The molecular formula is C22H29N3O7. The molecule has 0 saturated carbocycles. The van der Waals surface area contributed by atoms with Crippen LogP contribution in [0.1, 0.15) is 12.0 Å². The lowest BCUT2D eigenvalue weighted by atomic mass is 10.1. The average Bonchev–Trinajstić information content (AvgIpc) is 3.22. The lowest BCUT2D eigenvalue weighted by Gasteiger charge is -2.36. The van der Waals surface area contributed by atoms with Crippen molar-refractivity contribution in [3.05, 3.63) is 42.5 Å². The number of ether oxygens (including phenoxy) is 3. The number of carbonyl (C=O) groups is 3. The summed E-state index contributed by atoms with van der Waals surface area (Å²) < 4.78 is 15.5. The SMILES string of the molecule is C=CCOC(=O)N1CC(O)CC1C(=O)N1CCN(C(=O)OCc2ccc(OC)cc2)CC1. The van der Waals surface area contributed by atoms with Crippen molar-refractivity contribution in [2.75, 3.05) is 46.4 Å². The minimum absolute atomic E-state index is 0.0314. The fourth-order valence-corrected chi connectivity index (χ4v) is 3.74. The number of aliphatic hydroxyl groups excluding tert-OH is 1. The standard InChI is InChI=1S/C22H29N3O7/c1-3-12-31-22(29)25-14-17(26)13-19(25)20(27)23-8-10-24(11-9-23)21(28)32-15-16-4-6-18(30-2)7-5-16/h3-7,17,19,26H,1,8-15H2,2H3. The van der Waals surface area contributed by atoms with Crippen molar-refractivity contribution in [2.24, 2.45) is 0 Å². The maximum atomic E-state index is 13.0. The van der Waals surface area contributed by atoms with Crippen molar-refractivity contribution < 1.29 is 33.7 Å². The van der Waals surface area contributed by atoms with Crippen molar-refractivity contribution in [3.63, 3.8) is 0 Å². The predicted octanol–water partition coefficient (Wildman–Crippen LogP) is 1.23. The van der Waals surface area contributed by atoms with Crippen molar-refractivity contribution in [1.29, 1.82) is 0 Å². The van der Waals surface area contributed by atoms with Crippen LogP contribution in [0.2, 0.25) is 0 Å². The Labute approximate surface area is 186 Å². The van der Waals surface area contributed by atoms with Gasteiger partial charge >= 0.3 is 12.2 Å². The smallest absolute Gasteiger partial charge is 0.410 e. The molecule has 0 aliphatic carbocycles. The average molecular weight is 447 g/mol. The van der Waals surface area contributed by atoms with Crippen LogP contribution in [0.3, 0.4) is 0 Å². The van der Waals surface area contributed by atoms with Crippen molar-refractivity contribution in [3.8, 4) is 5.75 Å². The molecule has 10 nitrogen and oxygen atoms in total. The van der Waals surface area contributed by atoms with E-state index in [1.165, 1.54) is 11.0 Å². The third-order valence-electron chi connectivity index (χ3n) is 5.49. The fourth-order valence-electron chi connectivity index (χ4n) is 3.74. The molecule has 3 amide bonds. The second kappa shape index (κ2) is 10.9. The molecule has 1 aromatic carbocycles. The zero-order chi connectivity index (χ0) is 23.1. The predicted molar refractivity (Wildman–Crippen MR) is 114 cm³/mol. The van der Waals surface area contributed by atoms with E-state index in [2.05, 4.69) is 6.58 Å². The van der Waals surface area contributed by atoms with Gasteiger partial charge in [0.25, 0.3) is 0 Å². The molecule has 2 aliphatic rings. The topological polar surface area (TPSA) is 109 Å². The van der Waals surface area contributed by atoms with Crippen molar-refractivity contribution >= 4 is 18.1 Å². The molecule has 2 heterocycles. The Morgan fingerprint density at radius 3 is 2.34 bits per heavy atom. The number of rotatable bonds is 6. The van der Waals surface area contributed by atoms with Crippen molar-refractivity contribution in [2.45, 2.75) is 25.2 Å². The normalized spacial score (nSPS) is 20.6. The second-order valence-electron chi connectivity index (χ2n) is 7.64. The monoisotopic (exact) mass is 447 g/mol. The zero-order valence-electron chi connectivity index (χ0n) is 18.1. The highest BCUT2D eigenvalue weighted by atomic mass is 16.6. The summed E-state index contributed by atoms with van der Waals surface area (Å²) >= 11 is 0. The number of amides is 3. The van der Waals surface area contributed by atoms with Gasteiger partial charge in [-0.1, -0.05) is 24.8 Å². The molecule has 0 bridgehead atoms. The molecule has 0 spiro atoms. The number of carbonyl (C=O) groups excluding carboxylic acids is 3. The van der Waals surface area contributed by atoms with Gasteiger partial charge in [-0.05, 0) is 17.7 Å². The quantitative estimate of drug-likeness (QED) is 0.654. The molecule has 2 atom stereocenters. The molecule has 1 N–H and O–H groups in total. The second-order valence-corrected chi connectivity index (χ2v) is 7.64. The number of aliphatic hydroxyl groups is 1. The highest BCUT2D eigenvalue weighted by Crippen LogP contribution is 2.22. The Morgan fingerprint density at radius 2 is 1.72 bits per heavy atom. The molecule has 2 unspecified atom stereocenters. The third-order valence-corrected chi connectivity index (χ3v) is 5.49. The van der Waals surface area contributed by atoms with Crippen LogP contribution in [0, 0.1) is 0 Å². The number of methoxy groups -OCH3 is 1. The highest BCUT2D eigenvalue weighted by Gasteiger charge is 2.42. The number of hydrogen-bond acceptors (Lipinski definition) is 7. The molecule has 174 valence electrons. The first-order valence-electron chi connectivity index (χ1n) is 10.5. The number of hydrogen-bond donors (Lipinski definition) is 1. The molecule has 3 rings (SSSR count). The van der Waals surface area contributed by atoms with Gasteiger partial charge in [0.05, 0.1) is 19.8 Å². The van der Waals surface area contributed by atoms with E-state index in [0.29, 0.717) is 26.2 Å². The summed E-state index contributed by atoms with van der Waals surface area (Å²) in [6, 6.07) is 6.46. The summed E-state index contributed by atoms with van der Waals surface area (Å²) in [4.78, 5) is 42.0. The van der Waals surface area contributed by atoms with Gasteiger partial charge in [-0.25, -0.2) is 9.59 Å². The van der Waals surface area contributed by atoms with Crippen LogP contribution in [0.15, 0.2) is 36.9 Å².